The van der Waals surface area contributed by atoms with Gasteiger partial charge in [0.15, 0.2) is 0 Å². The summed E-state index contributed by atoms with van der Waals surface area (Å²) in [6, 6.07) is 16.6. The number of hydrogen-bond donors (Lipinski definition) is 2. The lowest BCUT2D eigenvalue weighted by molar-refractivity contribution is 0.248. The highest BCUT2D eigenvalue weighted by Gasteiger charge is 2.30. The van der Waals surface area contributed by atoms with Crippen LogP contribution in [-0.2, 0) is 10.8 Å². The number of ether oxygens (including phenoxy) is 2. The Balaban J connectivity index is 1.55. The topological polar surface area (TPSA) is 58.9 Å². The number of benzene rings is 4. The lowest BCUT2D eigenvalue weighted by atomic mass is 9.71. The Morgan fingerprint density at radius 3 is 1.20 bits per heavy atom. The van der Waals surface area contributed by atoms with Gasteiger partial charge in [-0.25, -0.2) is 8.78 Å². The summed E-state index contributed by atoms with van der Waals surface area (Å²) in [6.07, 6.45) is 2.32. The maximum absolute atomic E-state index is 14.7. The second-order valence-corrected chi connectivity index (χ2v) is 18.0. The van der Waals surface area contributed by atoms with Crippen molar-refractivity contribution in [2.24, 2.45) is 10.8 Å². The van der Waals surface area contributed by atoms with E-state index in [2.05, 4.69) is 69.2 Å². The number of aromatic hydroxyl groups is 2. The number of phenols is 2. The zero-order valence-electron chi connectivity index (χ0n) is 32.8. The van der Waals surface area contributed by atoms with Crippen molar-refractivity contribution in [3.8, 4) is 45.3 Å². The van der Waals surface area contributed by atoms with Crippen LogP contribution in [0.4, 0.5) is 8.78 Å². The summed E-state index contributed by atoms with van der Waals surface area (Å²) in [6.45, 7) is 26.2. The van der Waals surface area contributed by atoms with E-state index in [9.17, 15) is 19.0 Å². The summed E-state index contributed by atoms with van der Waals surface area (Å²) in [4.78, 5) is 0. The van der Waals surface area contributed by atoms with E-state index in [0.717, 1.165) is 24.0 Å². The fourth-order valence-corrected chi connectivity index (χ4v) is 7.71. The van der Waals surface area contributed by atoms with Gasteiger partial charge in [-0.3, -0.25) is 0 Å². The van der Waals surface area contributed by atoms with Crippen LogP contribution in [-0.4, -0.2) is 23.4 Å². The zero-order valence-corrected chi connectivity index (χ0v) is 32.8. The summed E-state index contributed by atoms with van der Waals surface area (Å²) in [5.74, 6) is 0.244. The molecule has 4 aromatic carbocycles. The standard InChI is InChI=1S/C45H58F2O4/c1-28-20-30(44(9,10)26-42(3,4)5)22-36(40(28)48)34-24-32(46)14-16-38(34)50-18-13-19-51-39-17-15-33(47)25-35(39)37-23-31(21-29(2)41(37)49)45(11,12)27-43(6,7)8/h14-17,20-25,48-49H,13,18-19,26-27H2,1-12H3. The minimum atomic E-state index is -0.426. The Bertz CT molecular complexity index is 1720. The monoisotopic (exact) mass is 700 g/mol. The molecule has 0 heterocycles. The highest BCUT2D eigenvalue weighted by molar-refractivity contribution is 5.79. The lowest BCUT2D eigenvalue weighted by Crippen LogP contribution is -2.25. The van der Waals surface area contributed by atoms with Crippen LogP contribution in [0.3, 0.4) is 0 Å². The zero-order chi connectivity index (χ0) is 38.1. The normalized spacial score (nSPS) is 12.7. The molecule has 0 unspecified atom stereocenters. The summed E-state index contributed by atoms with van der Waals surface area (Å²) in [5, 5.41) is 22.3. The molecule has 0 saturated heterocycles. The van der Waals surface area contributed by atoms with Gasteiger partial charge in [-0.05, 0) is 119 Å². The number of rotatable bonds is 12. The van der Waals surface area contributed by atoms with Gasteiger partial charge in [-0.2, -0.15) is 0 Å². The van der Waals surface area contributed by atoms with Gasteiger partial charge in [-0.15, -0.1) is 0 Å². The molecule has 2 N–H and O–H groups in total. The van der Waals surface area contributed by atoms with Crippen molar-refractivity contribution in [2.45, 2.75) is 113 Å². The van der Waals surface area contributed by atoms with E-state index in [4.69, 9.17) is 9.47 Å². The molecule has 276 valence electrons. The van der Waals surface area contributed by atoms with Crippen molar-refractivity contribution in [1.82, 2.24) is 0 Å². The van der Waals surface area contributed by atoms with Gasteiger partial charge in [0.2, 0.25) is 0 Å². The molecule has 0 aliphatic carbocycles. The molecule has 51 heavy (non-hydrogen) atoms. The summed E-state index contributed by atoms with van der Waals surface area (Å²) < 4.78 is 41.7. The molecule has 0 saturated carbocycles. The molecule has 0 bridgehead atoms. The number of hydrogen-bond acceptors (Lipinski definition) is 4. The van der Waals surface area contributed by atoms with Crippen LogP contribution in [0.5, 0.6) is 23.0 Å². The third kappa shape index (κ3) is 10.1. The smallest absolute Gasteiger partial charge is 0.127 e. The Morgan fingerprint density at radius 2 is 0.863 bits per heavy atom. The average Bonchev–Trinajstić information content (AvgIpc) is 2.98. The van der Waals surface area contributed by atoms with Crippen LogP contribution >= 0.6 is 0 Å². The van der Waals surface area contributed by atoms with Gasteiger partial charge in [0.25, 0.3) is 0 Å². The molecule has 0 aromatic heterocycles. The van der Waals surface area contributed by atoms with Crippen LogP contribution < -0.4 is 9.47 Å². The van der Waals surface area contributed by atoms with E-state index in [1.807, 2.05) is 38.1 Å². The van der Waals surface area contributed by atoms with Gasteiger partial charge >= 0.3 is 0 Å². The summed E-state index contributed by atoms with van der Waals surface area (Å²) in [5.41, 5.74) is 5.37. The van der Waals surface area contributed by atoms with Crippen molar-refractivity contribution in [3.05, 3.63) is 94.6 Å². The van der Waals surface area contributed by atoms with E-state index in [1.54, 1.807) is 12.1 Å². The van der Waals surface area contributed by atoms with E-state index in [1.165, 1.54) is 24.3 Å². The van der Waals surface area contributed by atoms with Crippen LogP contribution in [0.2, 0.25) is 0 Å². The molecular formula is C45H58F2O4. The third-order valence-corrected chi connectivity index (χ3v) is 9.38. The van der Waals surface area contributed by atoms with Gasteiger partial charge < -0.3 is 19.7 Å². The van der Waals surface area contributed by atoms with E-state index in [-0.39, 0.29) is 46.4 Å². The lowest BCUT2D eigenvalue weighted by Gasteiger charge is -2.33. The molecule has 0 fully saturated rings. The molecule has 6 heteroatoms. The Kier molecular flexibility index (Phi) is 11.6. The van der Waals surface area contributed by atoms with Crippen LogP contribution in [0.1, 0.15) is 111 Å². The predicted octanol–water partition coefficient (Wildman–Crippen LogP) is 12.6. The second kappa shape index (κ2) is 14.9. The van der Waals surface area contributed by atoms with Gasteiger partial charge in [0, 0.05) is 28.7 Å². The van der Waals surface area contributed by atoms with E-state index < -0.39 is 11.6 Å². The quantitative estimate of drug-likeness (QED) is 0.144. The summed E-state index contributed by atoms with van der Waals surface area (Å²) >= 11 is 0. The Labute approximate surface area is 304 Å². The highest BCUT2D eigenvalue weighted by Crippen LogP contribution is 2.45. The minimum absolute atomic E-state index is 0.0890. The van der Waals surface area contributed by atoms with Gasteiger partial charge in [0.05, 0.1) is 13.2 Å². The molecule has 0 radical (unpaired) electrons. The second-order valence-electron chi connectivity index (χ2n) is 18.0. The summed E-state index contributed by atoms with van der Waals surface area (Å²) in [7, 11) is 0. The molecule has 4 aromatic rings. The number of phenolic OH excluding ortho intramolecular Hbond substituents is 2. The predicted molar refractivity (Wildman–Crippen MR) is 206 cm³/mol. The third-order valence-electron chi connectivity index (χ3n) is 9.38. The van der Waals surface area contributed by atoms with Gasteiger partial charge in [-0.1, -0.05) is 81.4 Å². The minimum Gasteiger partial charge on any atom is -0.507 e. The van der Waals surface area contributed by atoms with Crippen molar-refractivity contribution in [3.63, 3.8) is 0 Å². The Hall–Kier alpha value is -4.06. The number of halogens is 2. The largest absolute Gasteiger partial charge is 0.507 e. The first-order valence-electron chi connectivity index (χ1n) is 18.0. The van der Waals surface area contributed by atoms with Crippen LogP contribution in [0.15, 0.2) is 60.7 Å². The first-order chi connectivity index (χ1) is 23.5. The molecule has 0 aliphatic heterocycles. The molecule has 4 rings (SSSR count). The number of aryl methyl sites for hydroxylation is 2. The van der Waals surface area contributed by atoms with Crippen LogP contribution in [0.25, 0.3) is 22.3 Å². The van der Waals surface area contributed by atoms with Crippen molar-refractivity contribution >= 4 is 0 Å². The van der Waals surface area contributed by atoms with Crippen molar-refractivity contribution in [2.75, 3.05) is 13.2 Å². The SMILES string of the molecule is Cc1cc(C(C)(C)CC(C)(C)C)cc(-c2cc(F)ccc2OCCCOc2ccc(F)cc2-c2cc(C(C)(C)CC(C)(C)C)cc(C)c2O)c1O. The van der Waals surface area contributed by atoms with E-state index >= 15 is 0 Å². The average molecular weight is 701 g/mol. The Morgan fingerprint density at radius 1 is 0.510 bits per heavy atom. The first-order valence-corrected chi connectivity index (χ1v) is 18.0. The molecule has 0 amide bonds. The molecule has 0 spiro atoms. The maximum atomic E-state index is 14.7. The van der Waals surface area contributed by atoms with Gasteiger partial charge in [0.1, 0.15) is 34.6 Å². The molecular weight excluding hydrogens is 642 g/mol. The van der Waals surface area contributed by atoms with Crippen molar-refractivity contribution < 1.29 is 28.5 Å². The molecule has 0 atom stereocenters. The van der Waals surface area contributed by atoms with Crippen LogP contribution in [0, 0.1) is 36.3 Å². The van der Waals surface area contributed by atoms with E-state index in [0.29, 0.717) is 51.3 Å². The molecule has 4 nitrogen and oxygen atoms in total. The fraction of sp³-hybridized carbons (Fsp3) is 0.467. The first kappa shape index (κ1) is 39.7. The van der Waals surface area contributed by atoms with Crippen molar-refractivity contribution in [1.29, 1.82) is 0 Å². The highest BCUT2D eigenvalue weighted by atomic mass is 19.1. The molecule has 0 aliphatic rings. The fourth-order valence-electron chi connectivity index (χ4n) is 7.71. The maximum Gasteiger partial charge on any atom is 0.127 e.